The Morgan fingerprint density at radius 1 is 1.07 bits per heavy atom. The van der Waals surface area contributed by atoms with Gasteiger partial charge in [-0.15, -0.1) is 0 Å². The van der Waals surface area contributed by atoms with E-state index in [2.05, 4.69) is 10.1 Å². The van der Waals surface area contributed by atoms with Crippen LogP contribution in [0, 0.1) is 0 Å². The monoisotopic (exact) mass is 437 g/mol. The molecule has 0 saturated carbocycles. The summed E-state index contributed by atoms with van der Waals surface area (Å²) in [4.78, 5) is 4.66. The van der Waals surface area contributed by atoms with Crippen molar-refractivity contribution < 1.29 is 12.9 Å². The van der Waals surface area contributed by atoms with Crippen molar-refractivity contribution in [1.82, 2.24) is 14.4 Å². The van der Waals surface area contributed by atoms with Gasteiger partial charge >= 0.3 is 0 Å². The van der Waals surface area contributed by atoms with Crippen molar-refractivity contribution in [2.24, 2.45) is 0 Å². The van der Waals surface area contributed by atoms with Crippen LogP contribution in [0.3, 0.4) is 0 Å². The smallest absolute Gasteiger partial charge is 0.243 e. The minimum Gasteiger partial charge on any atom is -0.339 e. The Balaban J connectivity index is 1.55. The molecule has 146 valence electrons. The Kier molecular flexibility index (Phi) is 5.42. The highest BCUT2D eigenvalue weighted by atomic mass is 35.5. The molecule has 0 spiro atoms. The molecular formula is C19H17Cl2N3O3S. The van der Waals surface area contributed by atoms with Crippen LogP contribution in [0.4, 0.5) is 0 Å². The molecule has 0 aliphatic carbocycles. The molecule has 0 bridgehead atoms. The predicted octanol–water partition coefficient (Wildman–Crippen LogP) is 4.61. The molecule has 1 atom stereocenters. The van der Waals surface area contributed by atoms with E-state index in [9.17, 15) is 8.42 Å². The van der Waals surface area contributed by atoms with E-state index in [4.69, 9.17) is 27.7 Å². The van der Waals surface area contributed by atoms with Crippen molar-refractivity contribution in [2.45, 2.75) is 23.7 Å². The molecule has 4 rings (SSSR count). The molecule has 0 radical (unpaired) electrons. The van der Waals surface area contributed by atoms with Crippen molar-refractivity contribution in [1.29, 1.82) is 0 Å². The largest absolute Gasteiger partial charge is 0.339 e. The van der Waals surface area contributed by atoms with Crippen LogP contribution in [0.25, 0.3) is 11.4 Å². The molecular weight excluding hydrogens is 421 g/mol. The Labute approximate surface area is 173 Å². The first-order valence-corrected chi connectivity index (χ1v) is 11.0. The minimum absolute atomic E-state index is 0.156. The van der Waals surface area contributed by atoms with Gasteiger partial charge in [0.2, 0.25) is 21.7 Å². The molecule has 2 aromatic carbocycles. The first kappa shape index (κ1) is 19.4. The zero-order valence-electron chi connectivity index (χ0n) is 14.8. The summed E-state index contributed by atoms with van der Waals surface area (Å²) in [6, 6.07) is 13.4. The number of nitrogens with zero attached hydrogens (tertiary/aromatic N) is 3. The van der Waals surface area contributed by atoms with Crippen LogP contribution in [-0.4, -0.2) is 36.0 Å². The Morgan fingerprint density at radius 2 is 1.86 bits per heavy atom. The lowest BCUT2D eigenvalue weighted by Gasteiger charge is -2.30. The van der Waals surface area contributed by atoms with E-state index in [-0.39, 0.29) is 17.4 Å². The van der Waals surface area contributed by atoms with Crippen molar-refractivity contribution in [2.75, 3.05) is 13.1 Å². The fourth-order valence-electron chi connectivity index (χ4n) is 3.26. The number of rotatable bonds is 4. The van der Waals surface area contributed by atoms with Crippen molar-refractivity contribution >= 4 is 33.2 Å². The van der Waals surface area contributed by atoms with E-state index in [1.165, 1.54) is 10.4 Å². The highest BCUT2D eigenvalue weighted by Crippen LogP contribution is 2.31. The van der Waals surface area contributed by atoms with Crippen molar-refractivity contribution in [3.8, 4) is 11.4 Å². The van der Waals surface area contributed by atoms with Crippen LogP contribution in [0.5, 0.6) is 0 Å². The first-order chi connectivity index (χ1) is 13.4. The van der Waals surface area contributed by atoms with Crippen LogP contribution < -0.4 is 0 Å². The van der Waals surface area contributed by atoms with Gasteiger partial charge in [0, 0.05) is 28.7 Å². The Bertz CT molecular complexity index is 1080. The van der Waals surface area contributed by atoms with Gasteiger partial charge in [0.05, 0.1) is 10.8 Å². The number of sulfonamides is 1. The third-order valence-electron chi connectivity index (χ3n) is 4.71. The lowest BCUT2D eigenvalue weighted by atomic mass is 10.00. The highest BCUT2D eigenvalue weighted by Gasteiger charge is 2.33. The van der Waals surface area contributed by atoms with Crippen LogP contribution in [-0.2, 0) is 10.0 Å². The second kappa shape index (κ2) is 7.83. The first-order valence-electron chi connectivity index (χ1n) is 8.79. The number of halogens is 2. The van der Waals surface area contributed by atoms with E-state index in [0.717, 1.165) is 12.0 Å². The number of hydrogen-bond acceptors (Lipinski definition) is 5. The minimum atomic E-state index is -3.63. The van der Waals surface area contributed by atoms with Gasteiger partial charge < -0.3 is 4.52 Å². The third-order valence-corrected chi connectivity index (χ3v) is 7.06. The summed E-state index contributed by atoms with van der Waals surface area (Å²) in [5.41, 5.74) is 0.790. The standard InChI is InChI=1S/C19H17Cl2N3O3S/c20-15-8-6-13(7-9-15)18-22-19(27-23-18)14-3-2-10-24(12-14)28(25,26)17-5-1-4-16(21)11-17/h1,4-9,11,14H,2-3,10,12H2/t14-/m0/s1. The summed E-state index contributed by atoms with van der Waals surface area (Å²) in [7, 11) is -3.63. The summed E-state index contributed by atoms with van der Waals surface area (Å²) >= 11 is 11.9. The quantitative estimate of drug-likeness (QED) is 0.595. The second-order valence-corrected chi connectivity index (χ2v) is 9.43. The molecule has 1 saturated heterocycles. The van der Waals surface area contributed by atoms with Crippen molar-refractivity contribution in [3.63, 3.8) is 0 Å². The molecule has 0 N–H and O–H groups in total. The van der Waals surface area contributed by atoms with E-state index < -0.39 is 10.0 Å². The van der Waals surface area contributed by atoms with Crippen LogP contribution in [0.1, 0.15) is 24.7 Å². The maximum Gasteiger partial charge on any atom is 0.243 e. The third kappa shape index (κ3) is 3.93. The molecule has 1 fully saturated rings. The molecule has 1 aliphatic heterocycles. The molecule has 0 unspecified atom stereocenters. The van der Waals surface area contributed by atoms with Gasteiger partial charge in [-0.05, 0) is 55.3 Å². The maximum atomic E-state index is 13.0. The number of benzene rings is 2. The van der Waals surface area contributed by atoms with Crippen LogP contribution in [0.15, 0.2) is 57.9 Å². The average molecular weight is 438 g/mol. The van der Waals surface area contributed by atoms with Gasteiger partial charge in [-0.1, -0.05) is 34.4 Å². The molecule has 1 aromatic heterocycles. The number of piperidine rings is 1. The fourth-order valence-corrected chi connectivity index (χ4v) is 5.21. The lowest BCUT2D eigenvalue weighted by Crippen LogP contribution is -2.39. The molecule has 1 aliphatic rings. The molecule has 0 amide bonds. The summed E-state index contributed by atoms with van der Waals surface area (Å²) in [6.07, 6.45) is 1.49. The molecule has 28 heavy (non-hydrogen) atoms. The van der Waals surface area contributed by atoms with Gasteiger partial charge in [0.15, 0.2) is 0 Å². The molecule has 9 heteroatoms. The SMILES string of the molecule is O=S(=O)(c1cccc(Cl)c1)N1CCC[C@H](c2nc(-c3ccc(Cl)cc3)no2)C1. The van der Waals surface area contributed by atoms with Gasteiger partial charge in [-0.2, -0.15) is 9.29 Å². The van der Waals surface area contributed by atoms with E-state index in [0.29, 0.717) is 34.7 Å². The average Bonchev–Trinajstić information content (AvgIpc) is 3.19. The van der Waals surface area contributed by atoms with E-state index >= 15 is 0 Å². The summed E-state index contributed by atoms with van der Waals surface area (Å²) in [5.74, 6) is 0.744. The zero-order chi connectivity index (χ0) is 19.7. The van der Waals surface area contributed by atoms with Crippen LogP contribution >= 0.6 is 23.2 Å². The van der Waals surface area contributed by atoms with Crippen LogP contribution in [0.2, 0.25) is 10.0 Å². The van der Waals surface area contributed by atoms with Gasteiger partial charge in [-0.25, -0.2) is 8.42 Å². The van der Waals surface area contributed by atoms with Crippen molar-refractivity contribution in [3.05, 3.63) is 64.5 Å². The Hall–Kier alpha value is -1.93. The van der Waals surface area contributed by atoms with Gasteiger partial charge in [0.25, 0.3) is 0 Å². The lowest BCUT2D eigenvalue weighted by molar-refractivity contribution is 0.265. The second-order valence-electron chi connectivity index (χ2n) is 6.62. The zero-order valence-corrected chi connectivity index (χ0v) is 17.1. The topological polar surface area (TPSA) is 76.3 Å². The normalized spacial score (nSPS) is 18.3. The molecule has 2 heterocycles. The van der Waals surface area contributed by atoms with E-state index in [1.54, 1.807) is 30.3 Å². The Morgan fingerprint density at radius 3 is 2.61 bits per heavy atom. The number of aromatic nitrogens is 2. The summed E-state index contributed by atoms with van der Waals surface area (Å²) in [6.45, 7) is 0.737. The summed E-state index contributed by atoms with van der Waals surface area (Å²) in [5, 5.41) is 5.05. The molecule has 6 nitrogen and oxygen atoms in total. The predicted molar refractivity (Wildman–Crippen MR) is 107 cm³/mol. The van der Waals surface area contributed by atoms with E-state index in [1.807, 2.05) is 12.1 Å². The van der Waals surface area contributed by atoms with Gasteiger partial charge in [0.1, 0.15) is 0 Å². The maximum absolute atomic E-state index is 13.0. The summed E-state index contributed by atoms with van der Waals surface area (Å²) < 4.78 is 32.8. The highest BCUT2D eigenvalue weighted by molar-refractivity contribution is 7.89. The van der Waals surface area contributed by atoms with Gasteiger partial charge in [-0.3, -0.25) is 0 Å². The number of hydrogen-bond donors (Lipinski definition) is 0. The fraction of sp³-hybridized carbons (Fsp3) is 0.263. The molecule has 3 aromatic rings.